The number of rotatable bonds is 2. The van der Waals surface area contributed by atoms with Crippen LogP contribution < -0.4 is 21.3 Å². The smallest absolute Gasteiger partial charge is 0.328 e. The summed E-state index contributed by atoms with van der Waals surface area (Å²) in [6, 6.07) is -1.64. The maximum Gasteiger partial charge on any atom is 0.328 e. The van der Waals surface area contributed by atoms with Crippen LogP contribution in [0.3, 0.4) is 0 Å². The summed E-state index contributed by atoms with van der Waals surface area (Å²) in [5.41, 5.74) is -2.58. The number of hydrogen-bond acceptors (Lipinski definition) is 8. The fourth-order valence-electron chi connectivity index (χ4n) is 12.7. The fourth-order valence-corrected chi connectivity index (χ4v) is 12.7. The maximum atomic E-state index is 14.2. The van der Waals surface area contributed by atoms with Crippen molar-refractivity contribution in [1.82, 2.24) is 21.3 Å². The molecule has 4 amide bonds. The number of esters is 2. The second-order valence-electron chi connectivity index (χ2n) is 17.6. The Balaban J connectivity index is 1.11. The van der Waals surface area contributed by atoms with Crippen molar-refractivity contribution in [2.24, 2.45) is 45.3 Å². The minimum absolute atomic E-state index is 0.0442. The first-order valence-corrected chi connectivity index (χ1v) is 19.3. The fraction of sp³-hybridized carbons (Fsp3) is 0.842. The predicted molar refractivity (Wildman–Crippen MR) is 181 cm³/mol. The van der Waals surface area contributed by atoms with Crippen LogP contribution in [-0.4, -0.2) is 75.0 Å². The van der Waals surface area contributed by atoms with E-state index < -0.39 is 45.7 Å². The summed E-state index contributed by atoms with van der Waals surface area (Å²) in [6.07, 6.45) is 12.3. The van der Waals surface area contributed by atoms with Crippen LogP contribution in [-0.2, 0) is 38.2 Å². The lowest BCUT2D eigenvalue weighted by atomic mass is 9.43. The number of amides is 4. The van der Waals surface area contributed by atoms with Gasteiger partial charge >= 0.3 is 11.9 Å². The molecule has 8 saturated carbocycles. The van der Waals surface area contributed by atoms with Gasteiger partial charge in [-0.15, -0.1) is 0 Å². The van der Waals surface area contributed by atoms with E-state index in [0.29, 0.717) is 102 Å². The standard InChI is InChI=1S/C38H56N4O8/c1-49-29(43)27-7-3-5-9-39-31(45)35-13-23-11-24(14-35)16-36(15-23,21-35)32(46)40-10-6-4-8-28(30(44)50-2)42-34(48)38-19-25-12-26(20-38)18-37(17-25,22-38)33(47)41-27/h23-28H,3-22H2,1-2H3,(H,39,45)(H,40,46)(H,41,47)(H,42,48)/t23?,24?,25?,26?,27-,28-,35?,36?,37?,38?/m1/s1. The van der Waals surface area contributed by atoms with Gasteiger partial charge in [0.05, 0.1) is 35.9 Å². The van der Waals surface area contributed by atoms with Gasteiger partial charge < -0.3 is 30.7 Å². The van der Waals surface area contributed by atoms with Crippen LogP contribution in [0.5, 0.6) is 0 Å². The normalized spacial score (nSPS) is 43.5. The molecule has 9 rings (SSSR count). The third-order valence-corrected chi connectivity index (χ3v) is 14.0. The van der Waals surface area contributed by atoms with Crippen molar-refractivity contribution >= 4 is 35.6 Å². The molecule has 8 bridgehead atoms. The second kappa shape index (κ2) is 13.4. The molecule has 0 aromatic heterocycles. The highest BCUT2D eigenvalue weighted by atomic mass is 16.5. The molecule has 8 aliphatic carbocycles. The quantitative estimate of drug-likeness (QED) is 0.320. The summed E-state index contributed by atoms with van der Waals surface area (Å²) < 4.78 is 10.2. The van der Waals surface area contributed by atoms with Crippen LogP contribution >= 0.6 is 0 Å². The van der Waals surface area contributed by atoms with Crippen molar-refractivity contribution < 1.29 is 38.2 Å². The zero-order valence-corrected chi connectivity index (χ0v) is 29.9. The molecule has 0 aromatic carbocycles. The van der Waals surface area contributed by atoms with E-state index in [9.17, 15) is 28.8 Å². The summed E-state index contributed by atoms with van der Waals surface area (Å²) in [7, 11) is 2.64. The Kier molecular flexibility index (Phi) is 9.46. The van der Waals surface area contributed by atoms with Crippen LogP contribution in [0.4, 0.5) is 0 Å². The SMILES string of the molecule is COC(=O)[C@H]1CCCCNC(=O)C23CC4CC(C2)CC(C4)(C3)C(=O)NCCCC[C@H](C(=O)OC)NC(=O)C23CC4CC(CC(C4)(C2)C(=O)N1)C3. The Morgan fingerprint density at radius 2 is 0.840 bits per heavy atom. The summed E-state index contributed by atoms with van der Waals surface area (Å²) in [5.74, 6) is -0.129. The molecule has 0 unspecified atom stereocenters. The first-order valence-electron chi connectivity index (χ1n) is 19.3. The van der Waals surface area contributed by atoms with E-state index >= 15 is 0 Å². The summed E-state index contributed by atoms with van der Waals surface area (Å²) in [4.78, 5) is 81.8. The van der Waals surface area contributed by atoms with Crippen molar-refractivity contribution in [1.29, 1.82) is 0 Å². The van der Waals surface area contributed by atoms with Gasteiger partial charge in [-0.1, -0.05) is 0 Å². The van der Waals surface area contributed by atoms with Crippen LogP contribution in [0, 0.1) is 45.3 Å². The minimum atomic E-state index is -0.822. The Hall–Kier alpha value is -3.18. The van der Waals surface area contributed by atoms with Crippen LogP contribution in [0.15, 0.2) is 0 Å². The van der Waals surface area contributed by atoms with E-state index in [0.717, 1.165) is 38.5 Å². The molecule has 50 heavy (non-hydrogen) atoms. The lowest BCUT2D eigenvalue weighted by Crippen LogP contribution is -2.63. The van der Waals surface area contributed by atoms with Crippen molar-refractivity contribution in [3.05, 3.63) is 0 Å². The highest BCUT2D eigenvalue weighted by Gasteiger charge is 2.64. The number of nitrogens with one attached hydrogen (secondary N) is 4. The highest BCUT2D eigenvalue weighted by Crippen LogP contribution is 2.66. The van der Waals surface area contributed by atoms with E-state index in [4.69, 9.17) is 9.47 Å². The average Bonchev–Trinajstić information content (AvgIpc) is 3.07. The molecule has 1 aliphatic heterocycles. The first-order chi connectivity index (χ1) is 23.9. The molecular weight excluding hydrogens is 640 g/mol. The lowest BCUT2D eigenvalue weighted by Gasteiger charge is -2.60. The van der Waals surface area contributed by atoms with Gasteiger partial charge in [0.2, 0.25) is 23.6 Å². The van der Waals surface area contributed by atoms with E-state index in [1.807, 2.05) is 0 Å². The molecule has 12 nitrogen and oxygen atoms in total. The van der Waals surface area contributed by atoms with Crippen LogP contribution in [0.1, 0.15) is 116 Å². The molecule has 1 saturated heterocycles. The van der Waals surface area contributed by atoms with Crippen molar-refractivity contribution in [2.45, 2.75) is 128 Å². The van der Waals surface area contributed by atoms with Gasteiger partial charge in [0.15, 0.2) is 0 Å². The van der Waals surface area contributed by atoms with Gasteiger partial charge in [-0.3, -0.25) is 19.2 Å². The molecule has 276 valence electrons. The molecule has 2 atom stereocenters. The number of methoxy groups -OCH3 is 2. The molecule has 12 heteroatoms. The number of hydrogen-bond donors (Lipinski definition) is 4. The Bertz CT molecular complexity index is 1290. The largest absolute Gasteiger partial charge is 0.467 e. The lowest BCUT2D eigenvalue weighted by molar-refractivity contribution is -0.170. The number of ether oxygens (including phenoxy) is 2. The topological polar surface area (TPSA) is 169 Å². The minimum Gasteiger partial charge on any atom is -0.467 e. The molecule has 4 N–H and O–H groups in total. The summed E-state index contributed by atoms with van der Waals surface area (Å²) in [6.45, 7) is 0.933. The third-order valence-electron chi connectivity index (χ3n) is 14.0. The van der Waals surface area contributed by atoms with Gasteiger partial charge in [0, 0.05) is 13.1 Å². The number of carbonyl (C=O) groups is 6. The summed E-state index contributed by atoms with van der Waals surface area (Å²) >= 11 is 0. The van der Waals surface area contributed by atoms with Gasteiger partial charge in [0.25, 0.3) is 0 Å². The Labute approximate surface area is 295 Å². The van der Waals surface area contributed by atoms with Crippen molar-refractivity contribution in [3.63, 3.8) is 0 Å². The van der Waals surface area contributed by atoms with E-state index in [2.05, 4.69) is 21.3 Å². The van der Waals surface area contributed by atoms with Crippen molar-refractivity contribution in [3.8, 4) is 0 Å². The van der Waals surface area contributed by atoms with Gasteiger partial charge in [-0.2, -0.15) is 0 Å². The molecular formula is C38H56N4O8. The van der Waals surface area contributed by atoms with Crippen LogP contribution in [0.2, 0.25) is 0 Å². The van der Waals surface area contributed by atoms with Gasteiger partial charge in [0.1, 0.15) is 12.1 Å². The Morgan fingerprint density at radius 1 is 0.520 bits per heavy atom. The predicted octanol–water partition coefficient (Wildman–Crippen LogP) is 3.06. The highest BCUT2D eigenvalue weighted by molar-refractivity contribution is 5.92. The molecule has 0 aromatic rings. The molecule has 9 fully saturated rings. The van der Waals surface area contributed by atoms with E-state index in [1.165, 1.54) is 14.2 Å². The van der Waals surface area contributed by atoms with E-state index in [1.54, 1.807) is 0 Å². The third kappa shape index (κ3) is 6.31. The molecule has 1 heterocycles. The first kappa shape index (κ1) is 35.2. The Morgan fingerprint density at radius 3 is 1.16 bits per heavy atom. The zero-order valence-electron chi connectivity index (χ0n) is 29.9. The molecule has 4 spiro atoms. The maximum absolute atomic E-state index is 14.2. The van der Waals surface area contributed by atoms with Crippen LogP contribution in [0.25, 0.3) is 0 Å². The van der Waals surface area contributed by atoms with E-state index in [-0.39, 0.29) is 35.5 Å². The second-order valence-corrected chi connectivity index (χ2v) is 17.6. The van der Waals surface area contributed by atoms with Gasteiger partial charge in [-0.05, 0) is 139 Å². The molecule has 9 aliphatic rings. The monoisotopic (exact) mass is 696 g/mol. The molecule has 0 radical (unpaired) electrons. The summed E-state index contributed by atoms with van der Waals surface area (Å²) in [5, 5.41) is 12.5. The van der Waals surface area contributed by atoms with Crippen molar-refractivity contribution in [2.75, 3.05) is 27.3 Å². The van der Waals surface area contributed by atoms with Gasteiger partial charge in [-0.25, -0.2) is 9.59 Å². The number of carbonyl (C=O) groups excluding carboxylic acids is 6. The zero-order chi connectivity index (χ0) is 35.3. The average molecular weight is 697 g/mol.